The highest BCUT2D eigenvalue weighted by Gasteiger charge is 2.46. The monoisotopic (exact) mass is 420 g/mol. The molecule has 2 aromatic heterocycles. The van der Waals surface area contributed by atoms with Crippen LogP contribution in [-0.2, 0) is 9.47 Å². The summed E-state index contributed by atoms with van der Waals surface area (Å²) in [5.74, 6) is 0.646. The van der Waals surface area contributed by atoms with E-state index in [0.29, 0.717) is 11.8 Å². The molecule has 3 heterocycles. The molecule has 0 saturated heterocycles. The van der Waals surface area contributed by atoms with Crippen molar-refractivity contribution in [3.05, 3.63) is 23.3 Å². The summed E-state index contributed by atoms with van der Waals surface area (Å²) < 4.78 is 16.8. The Hall–Kier alpha value is -1.45. The van der Waals surface area contributed by atoms with E-state index in [0.717, 1.165) is 29.9 Å². The van der Waals surface area contributed by atoms with Crippen molar-refractivity contribution in [2.75, 3.05) is 0 Å². The van der Waals surface area contributed by atoms with Crippen molar-refractivity contribution < 1.29 is 9.47 Å². The van der Waals surface area contributed by atoms with E-state index < -0.39 is 0 Å². The zero-order valence-electron chi connectivity index (χ0n) is 18.1. The van der Waals surface area contributed by atoms with E-state index in [1.807, 2.05) is 17.8 Å². The Labute approximate surface area is 177 Å². The van der Waals surface area contributed by atoms with Gasteiger partial charge < -0.3 is 9.47 Å². The highest BCUT2D eigenvalue weighted by Crippen LogP contribution is 2.45. The fraction of sp³-hybridized carbons (Fsp3) is 0.800. The Morgan fingerprint density at radius 1 is 1.07 bits per heavy atom. The minimum absolute atomic E-state index is 0.0333. The van der Waals surface area contributed by atoms with Crippen LogP contribution < -0.4 is 0 Å². The Kier molecular flexibility index (Phi) is 5.74. The van der Waals surface area contributed by atoms with Crippen LogP contribution in [0.2, 0.25) is 0 Å². The first-order valence-corrected chi connectivity index (χ1v) is 11.1. The second-order valence-electron chi connectivity index (χ2n) is 8.93. The molecule has 0 N–H and O–H groups in total. The molecule has 2 aromatic rings. The predicted molar refractivity (Wildman–Crippen MR) is 112 cm³/mol. The lowest BCUT2D eigenvalue weighted by molar-refractivity contribution is -0.130. The van der Waals surface area contributed by atoms with Gasteiger partial charge in [0.1, 0.15) is 0 Å². The third kappa shape index (κ3) is 3.84. The number of fused-ring (bicyclic) bond motifs is 3. The molecule has 0 spiro atoms. The SMILES string of the molecule is CC(C)c1cn(C2CC3OC(C)c4c(C(C)C)nnn4C3CC2O[C@H](C)S)nn1. The molecule has 6 atom stereocenters. The molecule has 0 bridgehead atoms. The van der Waals surface area contributed by atoms with Crippen LogP contribution in [0.1, 0.15) is 101 Å². The quantitative estimate of drug-likeness (QED) is 0.585. The summed E-state index contributed by atoms with van der Waals surface area (Å²) in [6.07, 6.45) is 3.55. The lowest BCUT2D eigenvalue weighted by atomic mass is 9.84. The van der Waals surface area contributed by atoms with E-state index in [1.165, 1.54) is 0 Å². The van der Waals surface area contributed by atoms with Crippen LogP contribution in [0.5, 0.6) is 0 Å². The van der Waals surface area contributed by atoms with Gasteiger partial charge in [0, 0.05) is 19.0 Å². The summed E-state index contributed by atoms with van der Waals surface area (Å²) >= 11 is 4.48. The van der Waals surface area contributed by atoms with Crippen molar-refractivity contribution in [1.29, 1.82) is 0 Å². The molecule has 29 heavy (non-hydrogen) atoms. The molecule has 9 heteroatoms. The second-order valence-corrected chi connectivity index (χ2v) is 9.66. The van der Waals surface area contributed by atoms with Gasteiger partial charge in [0.25, 0.3) is 0 Å². The van der Waals surface area contributed by atoms with E-state index in [2.05, 4.69) is 72.6 Å². The molecule has 1 aliphatic carbocycles. The predicted octanol–water partition coefficient (Wildman–Crippen LogP) is 3.81. The second kappa shape index (κ2) is 8.00. The Morgan fingerprint density at radius 3 is 2.45 bits per heavy atom. The van der Waals surface area contributed by atoms with E-state index in [-0.39, 0.29) is 35.8 Å². The molecule has 0 aromatic carbocycles. The zero-order chi connectivity index (χ0) is 20.9. The first-order valence-electron chi connectivity index (χ1n) is 10.6. The van der Waals surface area contributed by atoms with Gasteiger partial charge in [0.2, 0.25) is 0 Å². The lowest BCUT2D eigenvalue weighted by Gasteiger charge is -2.45. The highest BCUT2D eigenvalue weighted by atomic mass is 32.1. The standard InChI is InChI=1S/C20H32N6O2S/c1-10(2)14-9-25(23-21-14)15-7-18-16(8-17(15)28-13(6)29)26-20(12(5)27-18)19(11(3)4)22-24-26/h9-13,15-18,29H,7-8H2,1-6H3/t12?,13-,15?,16?,17?,18?/m0/s1. The summed E-state index contributed by atoms with van der Waals surface area (Å²) in [6, 6.07) is 0.148. The largest absolute Gasteiger partial charge is 0.367 e. The third-order valence-electron chi connectivity index (χ3n) is 6.02. The Bertz CT molecular complexity index is 848. The maximum absolute atomic E-state index is 6.49. The molecule has 160 valence electrons. The minimum atomic E-state index is -0.169. The van der Waals surface area contributed by atoms with Gasteiger partial charge in [-0.25, -0.2) is 9.36 Å². The molecule has 4 rings (SSSR count). The smallest absolute Gasteiger partial charge is 0.0987 e. The third-order valence-corrected chi connectivity index (χ3v) is 6.14. The fourth-order valence-corrected chi connectivity index (χ4v) is 4.74. The molecule has 2 aliphatic rings. The molecule has 0 radical (unpaired) electrons. The van der Waals surface area contributed by atoms with Crippen LogP contribution >= 0.6 is 12.6 Å². The van der Waals surface area contributed by atoms with Crippen molar-refractivity contribution in [3.63, 3.8) is 0 Å². The molecule has 1 aliphatic heterocycles. The molecule has 1 saturated carbocycles. The fourth-order valence-electron chi connectivity index (χ4n) is 4.58. The number of hydrogen-bond acceptors (Lipinski definition) is 7. The number of aromatic nitrogens is 6. The first kappa shape index (κ1) is 20.8. The highest BCUT2D eigenvalue weighted by molar-refractivity contribution is 7.80. The Morgan fingerprint density at radius 2 is 1.83 bits per heavy atom. The molecule has 5 unspecified atom stereocenters. The molecular weight excluding hydrogens is 388 g/mol. The molecule has 8 nitrogen and oxygen atoms in total. The van der Waals surface area contributed by atoms with Crippen LogP contribution in [0, 0.1) is 0 Å². The maximum Gasteiger partial charge on any atom is 0.0987 e. The van der Waals surface area contributed by atoms with E-state index in [1.54, 1.807) is 0 Å². The lowest BCUT2D eigenvalue weighted by Crippen LogP contribution is -2.47. The average Bonchev–Trinajstić information content (AvgIpc) is 3.29. The van der Waals surface area contributed by atoms with Crippen molar-refractivity contribution >= 4 is 12.6 Å². The topological polar surface area (TPSA) is 79.9 Å². The van der Waals surface area contributed by atoms with Gasteiger partial charge in [-0.05, 0) is 25.7 Å². The van der Waals surface area contributed by atoms with Crippen LogP contribution in [0.15, 0.2) is 6.20 Å². The van der Waals surface area contributed by atoms with E-state index >= 15 is 0 Å². The zero-order valence-corrected chi connectivity index (χ0v) is 19.0. The summed E-state index contributed by atoms with van der Waals surface area (Å²) in [6.45, 7) is 12.6. The minimum Gasteiger partial charge on any atom is -0.367 e. The normalized spacial score (nSPS) is 30.4. The molecule has 1 fully saturated rings. The number of thiol groups is 1. The summed E-state index contributed by atoms with van der Waals surface area (Å²) in [5.41, 5.74) is 2.94. The summed E-state index contributed by atoms with van der Waals surface area (Å²) in [4.78, 5) is 0. The van der Waals surface area contributed by atoms with Gasteiger partial charge >= 0.3 is 0 Å². The van der Waals surface area contributed by atoms with Crippen molar-refractivity contribution in [1.82, 2.24) is 30.0 Å². The van der Waals surface area contributed by atoms with Gasteiger partial charge in [-0.1, -0.05) is 38.1 Å². The van der Waals surface area contributed by atoms with Crippen LogP contribution in [0.25, 0.3) is 0 Å². The van der Waals surface area contributed by atoms with Crippen LogP contribution in [-0.4, -0.2) is 47.6 Å². The summed E-state index contributed by atoms with van der Waals surface area (Å²) in [5, 5.41) is 17.8. The number of ether oxygens (including phenoxy) is 2. The maximum atomic E-state index is 6.49. The van der Waals surface area contributed by atoms with Gasteiger partial charge in [-0.3, -0.25) is 0 Å². The Balaban J connectivity index is 1.66. The average molecular weight is 421 g/mol. The van der Waals surface area contributed by atoms with Crippen LogP contribution in [0.3, 0.4) is 0 Å². The van der Waals surface area contributed by atoms with Crippen molar-refractivity contribution in [2.24, 2.45) is 0 Å². The van der Waals surface area contributed by atoms with E-state index in [4.69, 9.17) is 9.47 Å². The van der Waals surface area contributed by atoms with Gasteiger partial charge in [0.15, 0.2) is 0 Å². The van der Waals surface area contributed by atoms with Gasteiger partial charge in [-0.2, -0.15) is 0 Å². The first-order chi connectivity index (χ1) is 13.8. The number of rotatable bonds is 5. The van der Waals surface area contributed by atoms with Crippen LogP contribution in [0.4, 0.5) is 0 Å². The van der Waals surface area contributed by atoms with Crippen molar-refractivity contribution in [3.8, 4) is 0 Å². The van der Waals surface area contributed by atoms with Gasteiger partial charge in [-0.15, -0.1) is 22.8 Å². The molecular formula is C20H32N6O2S. The number of nitrogens with zero attached hydrogens (tertiary/aromatic N) is 6. The number of hydrogen-bond donors (Lipinski definition) is 1. The van der Waals surface area contributed by atoms with Gasteiger partial charge in [0.05, 0.1) is 52.9 Å². The molecule has 0 amide bonds. The van der Waals surface area contributed by atoms with E-state index in [9.17, 15) is 0 Å². The van der Waals surface area contributed by atoms with Crippen molar-refractivity contribution in [2.45, 2.75) is 102 Å². The summed E-state index contributed by atoms with van der Waals surface area (Å²) in [7, 11) is 0.